The summed E-state index contributed by atoms with van der Waals surface area (Å²) in [6.07, 6.45) is 0. The van der Waals surface area contributed by atoms with Crippen molar-refractivity contribution in [1.29, 1.82) is 0 Å². The molecule has 0 aliphatic carbocycles. The van der Waals surface area contributed by atoms with Gasteiger partial charge in [0.2, 0.25) is 0 Å². The van der Waals surface area contributed by atoms with E-state index in [9.17, 15) is 9.90 Å². The first-order valence-corrected chi connectivity index (χ1v) is 6.91. The van der Waals surface area contributed by atoms with E-state index in [0.717, 1.165) is 10.6 Å². The Morgan fingerprint density at radius 2 is 2.33 bits per heavy atom. The van der Waals surface area contributed by atoms with E-state index in [4.69, 9.17) is 0 Å². The lowest BCUT2D eigenvalue weighted by Gasteiger charge is -2.10. The van der Waals surface area contributed by atoms with Gasteiger partial charge >= 0.3 is 5.97 Å². The number of rotatable bonds is 4. The summed E-state index contributed by atoms with van der Waals surface area (Å²) >= 11 is 4.80. The molecule has 0 saturated heterocycles. The Labute approximate surface area is 117 Å². The highest BCUT2D eigenvalue weighted by Crippen LogP contribution is 2.25. The molecule has 0 radical (unpaired) electrons. The zero-order valence-electron chi connectivity index (χ0n) is 9.61. The van der Waals surface area contributed by atoms with Crippen LogP contribution in [0.25, 0.3) is 0 Å². The Bertz CT molecular complexity index is 583. The lowest BCUT2D eigenvalue weighted by Crippen LogP contribution is -2.07. The molecule has 2 N–H and O–H groups in total. The summed E-state index contributed by atoms with van der Waals surface area (Å²) < 4.78 is 0.570. The molecule has 1 aromatic carbocycles. The third-order valence-electron chi connectivity index (χ3n) is 2.51. The molecule has 18 heavy (non-hydrogen) atoms. The van der Waals surface area contributed by atoms with Crippen LogP contribution in [0.1, 0.15) is 20.9 Å². The second kappa shape index (κ2) is 5.49. The van der Waals surface area contributed by atoms with Gasteiger partial charge in [-0.1, -0.05) is 6.07 Å². The predicted molar refractivity (Wildman–Crippen MR) is 75.3 cm³/mol. The van der Waals surface area contributed by atoms with Gasteiger partial charge in [0, 0.05) is 9.35 Å². The molecule has 94 valence electrons. The minimum Gasteiger partial charge on any atom is -0.478 e. The van der Waals surface area contributed by atoms with Crippen molar-refractivity contribution in [3.05, 3.63) is 44.3 Å². The van der Waals surface area contributed by atoms with E-state index in [1.54, 1.807) is 35.0 Å². The van der Waals surface area contributed by atoms with Crippen LogP contribution in [0.4, 0.5) is 5.69 Å². The van der Waals surface area contributed by atoms with Gasteiger partial charge in [-0.25, -0.2) is 9.78 Å². The maximum atomic E-state index is 11.2. The van der Waals surface area contributed by atoms with Crippen molar-refractivity contribution >= 4 is 38.9 Å². The van der Waals surface area contributed by atoms with Crippen molar-refractivity contribution in [3.63, 3.8) is 0 Å². The van der Waals surface area contributed by atoms with Gasteiger partial charge in [-0.05, 0) is 35.0 Å². The predicted octanol–water partition coefficient (Wildman–Crippen LogP) is 3.52. The number of benzene rings is 1. The summed E-state index contributed by atoms with van der Waals surface area (Å²) in [7, 11) is 0. The number of carbonyl (C=O) groups is 1. The highest BCUT2D eigenvalue weighted by atomic mass is 79.9. The SMILES string of the molecule is Cc1ncsc1CNc1cccc(Br)c1C(=O)O. The van der Waals surface area contributed by atoms with Gasteiger partial charge in [0.15, 0.2) is 0 Å². The standard InChI is InChI=1S/C12H11BrN2O2S/c1-7-10(18-6-15-7)5-14-9-4-2-3-8(13)11(9)12(16)17/h2-4,6,14H,5H2,1H3,(H,16,17). The average Bonchev–Trinajstić information content (AvgIpc) is 2.71. The highest BCUT2D eigenvalue weighted by molar-refractivity contribution is 9.10. The molecular weight excluding hydrogens is 316 g/mol. The molecular formula is C12H11BrN2O2S. The van der Waals surface area contributed by atoms with Crippen LogP contribution in [0, 0.1) is 6.92 Å². The van der Waals surface area contributed by atoms with Gasteiger partial charge < -0.3 is 10.4 Å². The van der Waals surface area contributed by atoms with E-state index >= 15 is 0 Å². The first-order valence-electron chi connectivity index (χ1n) is 5.24. The van der Waals surface area contributed by atoms with E-state index in [1.807, 2.05) is 6.92 Å². The molecule has 0 bridgehead atoms. The number of aromatic carboxylic acids is 1. The van der Waals surface area contributed by atoms with Crippen molar-refractivity contribution < 1.29 is 9.90 Å². The maximum Gasteiger partial charge on any atom is 0.338 e. The average molecular weight is 327 g/mol. The number of carboxylic acids is 1. The number of hydrogen-bond acceptors (Lipinski definition) is 4. The number of aromatic nitrogens is 1. The Balaban J connectivity index is 2.22. The Kier molecular flexibility index (Phi) is 3.98. The molecule has 4 nitrogen and oxygen atoms in total. The summed E-state index contributed by atoms with van der Waals surface area (Å²) in [5.41, 5.74) is 3.61. The van der Waals surface area contributed by atoms with Crippen molar-refractivity contribution in [2.75, 3.05) is 5.32 Å². The largest absolute Gasteiger partial charge is 0.478 e. The number of aryl methyl sites for hydroxylation is 1. The molecule has 1 aromatic heterocycles. The topological polar surface area (TPSA) is 62.2 Å². The van der Waals surface area contributed by atoms with Crippen LogP contribution in [-0.4, -0.2) is 16.1 Å². The smallest absolute Gasteiger partial charge is 0.338 e. The lowest BCUT2D eigenvalue weighted by molar-refractivity contribution is 0.0697. The summed E-state index contributed by atoms with van der Waals surface area (Å²) in [5, 5.41) is 12.3. The molecule has 0 aliphatic rings. The van der Waals surface area contributed by atoms with Crippen molar-refractivity contribution in [2.45, 2.75) is 13.5 Å². The lowest BCUT2D eigenvalue weighted by atomic mass is 10.2. The van der Waals surface area contributed by atoms with Crippen molar-refractivity contribution in [2.24, 2.45) is 0 Å². The molecule has 0 amide bonds. The number of halogens is 1. The zero-order valence-corrected chi connectivity index (χ0v) is 12.0. The van der Waals surface area contributed by atoms with E-state index in [2.05, 4.69) is 26.2 Å². The molecule has 2 rings (SSSR count). The van der Waals surface area contributed by atoms with Gasteiger partial charge in [-0.2, -0.15) is 0 Å². The summed E-state index contributed by atoms with van der Waals surface area (Å²) in [6, 6.07) is 5.27. The number of nitrogens with zero attached hydrogens (tertiary/aromatic N) is 1. The Hall–Kier alpha value is -1.40. The van der Waals surface area contributed by atoms with E-state index in [0.29, 0.717) is 16.7 Å². The highest BCUT2D eigenvalue weighted by Gasteiger charge is 2.14. The molecule has 2 aromatic rings. The van der Waals surface area contributed by atoms with Crippen molar-refractivity contribution in [1.82, 2.24) is 4.98 Å². The fourth-order valence-corrected chi connectivity index (χ4v) is 2.81. The van der Waals surface area contributed by atoms with Gasteiger partial charge in [0.05, 0.1) is 29.0 Å². The first-order chi connectivity index (χ1) is 8.59. The van der Waals surface area contributed by atoms with Crippen LogP contribution in [0.2, 0.25) is 0 Å². The zero-order chi connectivity index (χ0) is 13.1. The number of anilines is 1. The molecule has 0 fully saturated rings. The minimum atomic E-state index is -0.953. The van der Waals surface area contributed by atoms with Crippen LogP contribution < -0.4 is 5.32 Å². The molecule has 0 spiro atoms. The van der Waals surface area contributed by atoms with Crippen LogP contribution in [0.15, 0.2) is 28.2 Å². The summed E-state index contributed by atoms with van der Waals surface area (Å²) in [4.78, 5) is 16.5. The number of hydrogen-bond donors (Lipinski definition) is 2. The van der Waals surface area contributed by atoms with Gasteiger partial charge in [-0.3, -0.25) is 0 Å². The minimum absolute atomic E-state index is 0.250. The summed E-state index contributed by atoms with van der Waals surface area (Å²) in [6.45, 7) is 2.51. The van der Waals surface area contributed by atoms with Gasteiger partial charge in [0.25, 0.3) is 0 Å². The number of nitrogens with one attached hydrogen (secondary N) is 1. The Morgan fingerprint density at radius 3 is 2.94 bits per heavy atom. The van der Waals surface area contributed by atoms with Gasteiger partial charge in [0.1, 0.15) is 0 Å². The Morgan fingerprint density at radius 1 is 1.56 bits per heavy atom. The second-order valence-corrected chi connectivity index (χ2v) is 5.48. The second-order valence-electron chi connectivity index (χ2n) is 3.68. The molecule has 0 saturated carbocycles. The quantitative estimate of drug-likeness (QED) is 0.902. The third kappa shape index (κ3) is 2.70. The van der Waals surface area contributed by atoms with E-state index < -0.39 is 5.97 Å². The fraction of sp³-hybridized carbons (Fsp3) is 0.167. The third-order valence-corrected chi connectivity index (χ3v) is 4.11. The van der Waals surface area contributed by atoms with Crippen LogP contribution in [-0.2, 0) is 6.54 Å². The first kappa shape index (κ1) is 13.0. The van der Waals surface area contributed by atoms with Crippen molar-refractivity contribution in [3.8, 4) is 0 Å². The van der Waals surface area contributed by atoms with Crippen LogP contribution >= 0.6 is 27.3 Å². The fourth-order valence-electron chi connectivity index (χ4n) is 1.56. The van der Waals surface area contributed by atoms with Crippen LogP contribution in [0.5, 0.6) is 0 Å². The van der Waals surface area contributed by atoms with Crippen LogP contribution in [0.3, 0.4) is 0 Å². The monoisotopic (exact) mass is 326 g/mol. The molecule has 0 atom stereocenters. The normalized spacial score (nSPS) is 10.3. The number of carboxylic acid groups (broad SMARTS) is 1. The van der Waals surface area contributed by atoms with E-state index in [-0.39, 0.29) is 5.56 Å². The molecule has 1 heterocycles. The summed E-state index contributed by atoms with van der Waals surface area (Å²) in [5.74, 6) is -0.953. The number of thiazole rings is 1. The molecule has 6 heteroatoms. The maximum absolute atomic E-state index is 11.2. The van der Waals surface area contributed by atoms with E-state index in [1.165, 1.54) is 0 Å². The van der Waals surface area contributed by atoms with Gasteiger partial charge in [-0.15, -0.1) is 11.3 Å². The molecule has 0 unspecified atom stereocenters. The molecule has 0 aliphatic heterocycles.